The number of amidine groups is 2. The van der Waals surface area contributed by atoms with Crippen LogP contribution >= 0.6 is 11.6 Å². The molecule has 40 heavy (non-hydrogen) atoms. The molecule has 4 aromatic carbocycles. The van der Waals surface area contributed by atoms with Crippen molar-refractivity contribution >= 4 is 46.2 Å². The fourth-order valence-electron chi connectivity index (χ4n) is 5.49. The van der Waals surface area contributed by atoms with Gasteiger partial charge >= 0.3 is 0 Å². The Morgan fingerprint density at radius 2 is 1.57 bits per heavy atom. The van der Waals surface area contributed by atoms with Crippen molar-refractivity contribution in [2.24, 2.45) is 9.98 Å². The van der Waals surface area contributed by atoms with Gasteiger partial charge in [0.15, 0.2) is 17.5 Å². The zero-order chi connectivity index (χ0) is 27.4. The van der Waals surface area contributed by atoms with E-state index in [1.165, 1.54) is 11.1 Å². The van der Waals surface area contributed by atoms with Gasteiger partial charge in [0.2, 0.25) is 0 Å². The van der Waals surface area contributed by atoms with Crippen LogP contribution in [-0.4, -0.2) is 21.5 Å². The first-order valence-electron chi connectivity index (χ1n) is 13.3. The quantitative estimate of drug-likeness (QED) is 0.250. The molecule has 0 fully saturated rings. The van der Waals surface area contributed by atoms with E-state index in [2.05, 4.69) is 61.3 Å². The summed E-state index contributed by atoms with van der Waals surface area (Å²) in [6.07, 6.45) is 0. The predicted molar refractivity (Wildman–Crippen MR) is 164 cm³/mol. The van der Waals surface area contributed by atoms with Crippen LogP contribution in [0.15, 0.2) is 107 Å². The second-order valence-electron chi connectivity index (χ2n) is 10.2. The van der Waals surface area contributed by atoms with E-state index >= 15 is 0 Å². The predicted octanol–water partition coefficient (Wildman–Crippen LogP) is 8.25. The minimum atomic E-state index is -0.216. The van der Waals surface area contributed by atoms with Gasteiger partial charge in [-0.25, -0.2) is 14.7 Å². The molecule has 6 nitrogen and oxygen atoms in total. The summed E-state index contributed by atoms with van der Waals surface area (Å²) in [6.45, 7) is 6.28. The van der Waals surface area contributed by atoms with Crippen molar-refractivity contribution in [3.05, 3.63) is 130 Å². The second-order valence-corrected chi connectivity index (χ2v) is 10.6. The molecular formula is C33H27ClN6. The van der Waals surface area contributed by atoms with Gasteiger partial charge in [0.1, 0.15) is 0 Å². The number of aryl methyl sites for hydroxylation is 3. The number of fused-ring (bicyclic) bond motifs is 4. The molecule has 1 aromatic heterocycles. The zero-order valence-corrected chi connectivity index (χ0v) is 23.2. The number of nitrogens with one attached hydrogen (secondary N) is 1. The van der Waals surface area contributed by atoms with Crippen LogP contribution in [0.2, 0.25) is 5.02 Å². The number of hydrogen-bond donors (Lipinski definition) is 1. The smallest absolute Gasteiger partial charge is 0.179 e. The molecule has 2 aliphatic rings. The van der Waals surface area contributed by atoms with Gasteiger partial charge in [-0.05, 0) is 86.0 Å². The molecule has 0 saturated carbocycles. The maximum Gasteiger partial charge on any atom is 0.179 e. The first-order chi connectivity index (χ1) is 19.5. The molecule has 7 heteroatoms. The Morgan fingerprint density at radius 1 is 0.775 bits per heavy atom. The molecule has 5 aromatic rings. The summed E-state index contributed by atoms with van der Waals surface area (Å²) < 4.78 is 1.93. The number of aromatic nitrogens is 2. The lowest BCUT2D eigenvalue weighted by atomic mass is 9.93. The van der Waals surface area contributed by atoms with Crippen LogP contribution in [0, 0.1) is 20.8 Å². The molecule has 0 amide bonds. The van der Waals surface area contributed by atoms with Crippen LogP contribution < -0.4 is 10.2 Å². The molecular weight excluding hydrogens is 516 g/mol. The summed E-state index contributed by atoms with van der Waals surface area (Å²) in [6, 6.07) is 32.5. The second kappa shape index (κ2) is 9.50. The van der Waals surface area contributed by atoms with Crippen LogP contribution in [0.25, 0.3) is 5.69 Å². The molecule has 2 aliphatic heterocycles. The van der Waals surface area contributed by atoms with Gasteiger partial charge in [-0.3, -0.25) is 0 Å². The third-order valence-electron chi connectivity index (χ3n) is 7.57. The number of halogens is 1. The minimum Gasteiger partial charge on any atom is -0.337 e. The average molecular weight is 543 g/mol. The van der Waals surface area contributed by atoms with Crippen molar-refractivity contribution in [2.75, 3.05) is 10.2 Å². The summed E-state index contributed by atoms with van der Waals surface area (Å²) in [5.41, 5.74) is 9.22. The Hall–Kier alpha value is -4.68. The van der Waals surface area contributed by atoms with E-state index in [1.54, 1.807) is 0 Å². The number of anilines is 2. The van der Waals surface area contributed by atoms with Crippen LogP contribution in [0.1, 0.15) is 34.0 Å². The summed E-state index contributed by atoms with van der Waals surface area (Å²) in [7, 11) is 0. The van der Waals surface area contributed by atoms with E-state index in [0.717, 1.165) is 51.2 Å². The fraction of sp³-hybridized carbons (Fsp3) is 0.121. The number of para-hydroxylation sites is 3. The first kappa shape index (κ1) is 24.4. The van der Waals surface area contributed by atoms with Crippen molar-refractivity contribution in [1.29, 1.82) is 0 Å². The summed E-state index contributed by atoms with van der Waals surface area (Å²) in [5.74, 6) is 2.19. The third kappa shape index (κ3) is 4.00. The van der Waals surface area contributed by atoms with Gasteiger partial charge < -0.3 is 10.2 Å². The number of rotatable bonds is 3. The van der Waals surface area contributed by atoms with E-state index in [4.69, 9.17) is 26.7 Å². The molecule has 3 heterocycles. The molecule has 0 saturated heterocycles. The average Bonchev–Trinajstić information content (AvgIpc) is 3.30. The highest BCUT2D eigenvalue weighted by Crippen LogP contribution is 2.48. The maximum absolute atomic E-state index is 6.57. The Morgan fingerprint density at radius 3 is 2.38 bits per heavy atom. The summed E-state index contributed by atoms with van der Waals surface area (Å²) in [5, 5.41) is 9.27. The standard InChI is InChI=1S/C33H27ClN6/c1-20-16-17-25(18-21(20)2)35-31-33-37-32-29(22(3)38-40(32)26-12-5-4-6-13-26)30(23-10-9-11-24(34)19-23)39(33)28-15-8-7-14-27(28)36-31/h4-19,30H,1-3H3,(H,35,36). The third-order valence-corrected chi connectivity index (χ3v) is 7.81. The molecule has 0 spiro atoms. The lowest BCUT2D eigenvalue weighted by Crippen LogP contribution is -2.46. The van der Waals surface area contributed by atoms with Gasteiger partial charge in [-0.2, -0.15) is 5.10 Å². The Kier molecular flexibility index (Phi) is 5.79. The molecule has 0 bridgehead atoms. The number of aliphatic imine (C=N–C) groups is 2. The molecule has 196 valence electrons. The number of hydrogen-bond acceptors (Lipinski definition) is 5. The maximum atomic E-state index is 6.57. The highest BCUT2D eigenvalue weighted by Gasteiger charge is 2.41. The van der Waals surface area contributed by atoms with Crippen LogP contribution in [0.4, 0.5) is 22.9 Å². The summed E-state index contributed by atoms with van der Waals surface area (Å²) in [4.78, 5) is 12.6. The Balaban J connectivity index is 1.50. The Bertz CT molecular complexity index is 1840. The zero-order valence-electron chi connectivity index (χ0n) is 22.4. The van der Waals surface area contributed by atoms with Crippen molar-refractivity contribution in [2.45, 2.75) is 26.8 Å². The highest BCUT2D eigenvalue weighted by molar-refractivity contribution is 6.51. The van der Waals surface area contributed by atoms with Crippen LogP contribution in [0.5, 0.6) is 0 Å². The lowest BCUT2D eigenvalue weighted by Gasteiger charge is -2.40. The van der Waals surface area contributed by atoms with Crippen LogP contribution in [0.3, 0.4) is 0 Å². The molecule has 1 atom stereocenters. The molecule has 0 radical (unpaired) electrons. The largest absolute Gasteiger partial charge is 0.337 e. The van der Waals surface area contributed by atoms with E-state index in [-0.39, 0.29) is 6.04 Å². The highest BCUT2D eigenvalue weighted by atomic mass is 35.5. The topological polar surface area (TPSA) is 57.8 Å². The molecule has 0 aliphatic carbocycles. The van der Waals surface area contributed by atoms with E-state index in [0.29, 0.717) is 10.9 Å². The lowest BCUT2D eigenvalue weighted by molar-refractivity contribution is 0.815. The van der Waals surface area contributed by atoms with Crippen LogP contribution in [-0.2, 0) is 0 Å². The first-order valence-corrected chi connectivity index (χ1v) is 13.7. The molecule has 7 rings (SSSR count). The van der Waals surface area contributed by atoms with Gasteiger partial charge in [-0.15, -0.1) is 0 Å². The molecule has 1 N–H and O–H groups in total. The van der Waals surface area contributed by atoms with Gasteiger partial charge in [-0.1, -0.05) is 60.1 Å². The Labute approximate surface area is 238 Å². The van der Waals surface area contributed by atoms with Gasteiger partial charge in [0.25, 0.3) is 0 Å². The van der Waals surface area contributed by atoms with Crippen molar-refractivity contribution < 1.29 is 0 Å². The minimum absolute atomic E-state index is 0.216. The van der Waals surface area contributed by atoms with E-state index in [9.17, 15) is 0 Å². The van der Waals surface area contributed by atoms with Crippen molar-refractivity contribution in [1.82, 2.24) is 9.78 Å². The number of nitrogens with zero attached hydrogens (tertiary/aromatic N) is 5. The van der Waals surface area contributed by atoms with E-state index < -0.39 is 0 Å². The fourth-order valence-corrected chi connectivity index (χ4v) is 5.69. The van der Waals surface area contributed by atoms with E-state index in [1.807, 2.05) is 71.4 Å². The monoisotopic (exact) mass is 542 g/mol. The van der Waals surface area contributed by atoms with Crippen molar-refractivity contribution in [3.8, 4) is 5.69 Å². The molecule has 1 unspecified atom stereocenters. The summed E-state index contributed by atoms with van der Waals surface area (Å²) >= 11 is 6.57. The SMILES string of the molecule is Cc1ccc(NC2=Nc3ccccc3N3C2=Nc2c(c(C)nn2-c2ccccc2)C3c2cccc(Cl)c2)cc1C. The van der Waals surface area contributed by atoms with Gasteiger partial charge in [0, 0.05) is 16.3 Å². The number of benzene rings is 4. The normalized spacial score (nSPS) is 15.5. The van der Waals surface area contributed by atoms with Crippen molar-refractivity contribution in [3.63, 3.8) is 0 Å². The van der Waals surface area contributed by atoms with Gasteiger partial charge in [0.05, 0.1) is 28.8 Å².